The van der Waals surface area contributed by atoms with Gasteiger partial charge in [-0.1, -0.05) is 43.1 Å². The van der Waals surface area contributed by atoms with Gasteiger partial charge in [0.15, 0.2) is 5.82 Å². The van der Waals surface area contributed by atoms with Crippen molar-refractivity contribution in [3.63, 3.8) is 0 Å². The van der Waals surface area contributed by atoms with Crippen molar-refractivity contribution in [2.45, 2.75) is 56.4 Å². The summed E-state index contributed by atoms with van der Waals surface area (Å²) in [5.41, 5.74) is 4.12. The first-order valence-electron chi connectivity index (χ1n) is 14.1. The van der Waals surface area contributed by atoms with Gasteiger partial charge in [0.1, 0.15) is 0 Å². The minimum atomic E-state index is -4.05. The first-order valence-corrected chi connectivity index (χ1v) is 15.5. The zero-order chi connectivity index (χ0) is 28.7. The second kappa shape index (κ2) is 13.2. The molecule has 5 rings (SSSR count). The van der Waals surface area contributed by atoms with E-state index < -0.39 is 16.1 Å². The van der Waals surface area contributed by atoms with Crippen LogP contribution in [0.3, 0.4) is 0 Å². The van der Waals surface area contributed by atoms with E-state index in [2.05, 4.69) is 32.7 Å². The average Bonchev–Trinajstić information content (AvgIpc) is 3.66. The normalized spacial score (nSPS) is 13.5. The number of fused-ring (bicyclic) bond motifs is 1. The number of rotatable bonds is 14. The molecule has 0 spiro atoms. The van der Waals surface area contributed by atoms with Gasteiger partial charge in [-0.15, -0.1) is 0 Å². The Balaban J connectivity index is 1.32. The van der Waals surface area contributed by atoms with Crippen molar-refractivity contribution in [1.29, 1.82) is 0 Å². The molecule has 0 radical (unpaired) electrons. The highest BCUT2D eigenvalue weighted by Gasteiger charge is 2.32. The average molecular weight is 577 g/mol. The van der Waals surface area contributed by atoms with Crippen LogP contribution in [0.25, 0.3) is 0 Å². The quantitative estimate of drug-likeness (QED) is 0.185. The molecule has 4 aromatic rings. The predicted octanol–water partition coefficient (Wildman–Crippen LogP) is 4.56. The van der Waals surface area contributed by atoms with Crippen LogP contribution in [0.1, 0.15) is 54.8 Å². The molecule has 0 bridgehead atoms. The standard InChI is InChI=1S/C30H36N6O4S/c1-2-3-4-7-29-34-30(40-35-29)36(41(38,39)26-12-13-27-23(19-26)15-18-33-27)25-10-8-22(9-11-25)14-17-32-21-28(37)24-6-5-16-31-20-24/h5-6,8-13,16,19-20,28,32-33,37H,2-4,7,14-15,17-18,21H2,1H3. The Morgan fingerprint density at radius 2 is 1.98 bits per heavy atom. The van der Waals surface area contributed by atoms with Crippen molar-refractivity contribution in [2.75, 3.05) is 29.3 Å². The lowest BCUT2D eigenvalue weighted by Gasteiger charge is -2.21. The third kappa shape index (κ3) is 6.92. The SMILES string of the molecule is CCCCCc1noc(N(c2ccc(CCNCC(O)c3cccnc3)cc2)S(=O)(=O)c2ccc3c(c2)CCN3)n1. The highest BCUT2D eigenvalue weighted by Crippen LogP contribution is 2.34. The highest BCUT2D eigenvalue weighted by atomic mass is 32.2. The van der Waals surface area contributed by atoms with Gasteiger partial charge in [0.05, 0.1) is 16.7 Å². The van der Waals surface area contributed by atoms with Gasteiger partial charge in [-0.3, -0.25) is 4.98 Å². The summed E-state index contributed by atoms with van der Waals surface area (Å²) in [6.07, 6.45) is 7.78. The summed E-state index contributed by atoms with van der Waals surface area (Å²) in [4.78, 5) is 8.68. The number of pyridine rings is 1. The fourth-order valence-electron chi connectivity index (χ4n) is 4.82. The number of benzene rings is 2. The number of hydrogen-bond acceptors (Lipinski definition) is 9. The summed E-state index contributed by atoms with van der Waals surface area (Å²) in [7, 11) is -4.05. The number of hydrogen-bond donors (Lipinski definition) is 3. The predicted molar refractivity (Wildman–Crippen MR) is 158 cm³/mol. The zero-order valence-electron chi connectivity index (χ0n) is 23.2. The molecule has 0 fully saturated rings. The maximum atomic E-state index is 14.0. The van der Waals surface area contributed by atoms with Gasteiger partial charge in [-0.2, -0.15) is 9.29 Å². The van der Waals surface area contributed by atoms with Crippen LogP contribution in [0.15, 0.2) is 76.4 Å². The van der Waals surface area contributed by atoms with Crippen LogP contribution in [-0.2, 0) is 29.3 Å². The molecule has 216 valence electrons. The van der Waals surface area contributed by atoms with Crippen molar-refractivity contribution < 1.29 is 18.0 Å². The molecule has 3 N–H and O–H groups in total. The number of aliphatic hydroxyl groups excluding tert-OH is 1. The van der Waals surface area contributed by atoms with Crippen molar-refractivity contribution in [2.24, 2.45) is 0 Å². The number of unbranched alkanes of at least 4 members (excludes halogenated alkanes) is 2. The molecule has 41 heavy (non-hydrogen) atoms. The Morgan fingerprint density at radius 3 is 2.76 bits per heavy atom. The van der Waals surface area contributed by atoms with Crippen LogP contribution in [0.5, 0.6) is 0 Å². The summed E-state index contributed by atoms with van der Waals surface area (Å²) in [6, 6.07) is 16.0. The maximum absolute atomic E-state index is 14.0. The monoisotopic (exact) mass is 576 g/mol. The van der Waals surface area contributed by atoms with E-state index in [1.807, 2.05) is 18.2 Å². The minimum absolute atomic E-state index is 0.0751. The van der Waals surface area contributed by atoms with Crippen molar-refractivity contribution in [3.8, 4) is 0 Å². The smallest absolute Gasteiger partial charge is 0.342 e. The number of sulfonamides is 1. The topological polar surface area (TPSA) is 133 Å². The molecule has 0 aliphatic carbocycles. The fraction of sp³-hybridized carbons (Fsp3) is 0.367. The number of aliphatic hydroxyl groups is 1. The third-order valence-electron chi connectivity index (χ3n) is 7.13. The van der Waals surface area contributed by atoms with Crippen LogP contribution in [0.2, 0.25) is 0 Å². The molecule has 10 nitrogen and oxygen atoms in total. The van der Waals surface area contributed by atoms with Crippen LogP contribution in [0.4, 0.5) is 17.4 Å². The van der Waals surface area contributed by atoms with Gasteiger partial charge in [0.2, 0.25) is 0 Å². The molecule has 0 saturated heterocycles. The number of aryl methyl sites for hydroxylation is 1. The Kier molecular flexibility index (Phi) is 9.28. The minimum Gasteiger partial charge on any atom is -0.387 e. The van der Waals surface area contributed by atoms with Crippen LogP contribution in [0, 0.1) is 0 Å². The van der Waals surface area contributed by atoms with E-state index in [1.165, 1.54) is 0 Å². The van der Waals surface area contributed by atoms with E-state index in [0.29, 0.717) is 37.4 Å². The Labute approximate surface area is 240 Å². The largest absolute Gasteiger partial charge is 0.387 e. The molecule has 1 aliphatic heterocycles. The van der Waals surface area contributed by atoms with Gasteiger partial charge in [0, 0.05) is 43.2 Å². The summed E-state index contributed by atoms with van der Waals surface area (Å²) >= 11 is 0. The molecule has 1 atom stereocenters. The molecule has 1 unspecified atom stereocenters. The lowest BCUT2D eigenvalue weighted by molar-refractivity contribution is 0.174. The number of nitrogens with one attached hydrogen (secondary N) is 2. The highest BCUT2D eigenvalue weighted by molar-refractivity contribution is 7.93. The van der Waals surface area contributed by atoms with Crippen LogP contribution < -0.4 is 14.9 Å². The molecule has 0 amide bonds. The van der Waals surface area contributed by atoms with E-state index in [9.17, 15) is 13.5 Å². The summed E-state index contributed by atoms with van der Waals surface area (Å²) in [5, 5.41) is 20.9. The molecule has 2 aromatic heterocycles. The molecule has 1 aliphatic rings. The molecular weight excluding hydrogens is 540 g/mol. The lowest BCUT2D eigenvalue weighted by Crippen LogP contribution is -2.27. The van der Waals surface area contributed by atoms with Gasteiger partial charge < -0.3 is 20.3 Å². The summed E-state index contributed by atoms with van der Waals surface area (Å²) in [6.45, 7) is 3.95. The molecule has 11 heteroatoms. The Bertz CT molecular complexity index is 1530. The fourth-order valence-corrected chi connectivity index (χ4v) is 6.24. The maximum Gasteiger partial charge on any atom is 0.342 e. The van der Waals surface area contributed by atoms with Crippen LogP contribution in [-0.4, -0.2) is 48.3 Å². The van der Waals surface area contributed by atoms with E-state index in [-0.39, 0.29) is 10.9 Å². The molecule has 3 heterocycles. The summed E-state index contributed by atoms with van der Waals surface area (Å²) in [5.74, 6) is 0.489. The van der Waals surface area contributed by atoms with Gasteiger partial charge in [-0.05, 0) is 73.3 Å². The van der Waals surface area contributed by atoms with E-state index in [1.54, 1.807) is 48.8 Å². The van der Waals surface area contributed by atoms with Crippen molar-refractivity contribution in [1.82, 2.24) is 20.4 Å². The van der Waals surface area contributed by atoms with E-state index in [4.69, 9.17) is 4.52 Å². The first kappa shape index (κ1) is 28.7. The van der Waals surface area contributed by atoms with Gasteiger partial charge in [-0.25, -0.2) is 8.42 Å². The Morgan fingerprint density at radius 1 is 1.12 bits per heavy atom. The van der Waals surface area contributed by atoms with E-state index in [0.717, 1.165) is 58.9 Å². The number of nitrogens with zero attached hydrogens (tertiary/aromatic N) is 4. The molecule has 2 aromatic carbocycles. The molecule has 0 saturated carbocycles. The Hall–Kier alpha value is -3.80. The lowest BCUT2D eigenvalue weighted by atomic mass is 10.1. The van der Waals surface area contributed by atoms with Crippen molar-refractivity contribution >= 4 is 27.4 Å². The number of aromatic nitrogens is 3. The second-order valence-corrected chi connectivity index (χ2v) is 11.9. The number of anilines is 3. The summed E-state index contributed by atoms with van der Waals surface area (Å²) < 4.78 is 34.7. The van der Waals surface area contributed by atoms with E-state index >= 15 is 0 Å². The van der Waals surface area contributed by atoms with Crippen LogP contribution >= 0.6 is 0 Å². The van der Waals surface area contributed by atoms with Gasteiger partial charge >= 0.3 is 6.01 Å². The zero-order valence-corrected chi connectivity index (χ0v) is 24.0. The van der Waals surface area contributed by atoms with Gasteiger partial charge in [0.25, 0.3) is 10.0 Å². The first-order chi connectivity index (χ1) is 20.0. The second-order valence-electron chi connectivity index (χ2n) is 10.1. The van der Waals surface area contributed by atoms with Crippen molar-refractivity contribution in [3.05, 3.63) is 89.5 Å². The third-order valence-corrected chi connectivity index (χ3v) is 8.83. The molecular formula is C30H36N6O4S.